The molecule has 0 N–H and O–H groups in total. The van der Waals surface area contributed by atoms with Crippen molar-refractivity contribution in [2.45, 2.75) is 46.5 Å². The fourth-order valence-corrected chi connectivity index (χ4v) is 4.32. The molecule has 0 amide bonds. The number of unbranched alkanes of at least 4 members (excludes halogenated alkanes) is 1. The zero-order valence-electron chi connectivity index (χ0n) is 18.7. The van der Waals surface area contributed by atoms with Gasteiger partial charge in [0.05, 0.1) is 6.61 Å². The van der Waals surface area contributed by atoms with Crippen LogP contribution in [0.5, 0.6) is 5.75 Å². The van der Waals surface area contributed by atoms with Gasteiger partial charge in [-0.3, -0.25) is 0 Å². The van der Waals surface area contributed by atoms with Crippen LogP contribution in [0.4, 0.5) is 0 Å². The van der Waals surface area contributed by atoms with Crippen molar-refractivity contribution < 1.29 is 4.74 Å². The first-order valence-electron chi connectivity index (χ1n) is 11.0. The van der Waals surface area contributed by atoms with E-state index in [9.17, 15) is 0 Å². The highest BCUT2D eigenvalue weighted by Gasteiger charge is 2.15. The second-order valence-corrected chi connectivity index (χ2v) is 9.67. The minimum atomic E-state index is 0.0220. The normalized spacial score (nSPS) is 17.1. The standard InChI is InChI=1S/C26H39NOS/c1-5-26(4,15-8-9-23(2)3)16-14-24-10-12-25(13-11-24)28-20-7-6-17-27-18-21-29-22-19-27/h5,9-14,16H,1,6-8,15,17-22H2,2-4H3/b16-14+/t26-/m1/s1. The van der Waals surface area contributed by atoms with Gasteiger partial charge in [0.2, 0.25) is 0 Å². The van der Waals surface area contributed by atoms with E-state index in [0.717, 1.165) is 31.6 Å². The van der Waals surface area contributed by atoms with Crippen molar-refractivity contribution in [1.82, 2.24) is 4.90 Å². The van der Waals surface area contributed by atoms with Crippen molar-refractivity contribution in [2.24, 2.45) is 5.41 Å². The largest absolute Gasteiger partial charge is 0.494 e. The Balaban J connectivity index is 1.71. The molecule has 0 aromatic heterocycles. The summed E-state index contributed by atoms with van der Waals surface area (Å²) in [6.07, 6.45) is 13.3. The molecule has 0 radical (unpaired) electrons. The molecule has 1 aromatic rings. The number of ether oxygens (including phenoxy) is 1. The van der Waals surface area contributed by atoms with Gasteiger partial charge >= 0.3 is 0 Å². The van der Waals surface area contributed by atoms with Crippen molar-refractivity contribution >= 4 is 17.8 Å². The predicted molar refractivity (Wildman–Crippen MR) is 131 cm³/mol. The Labute approximate surface area is 183 Å². The highest BCUT2D eigenvalue weighted by atomic mass is 32.2. The molecule has 2 rings (SSSR count). The third kappa shape index (κ3) is 9.73. The Morgan fingerprint density at radius 3 is 2.55 bits per heavy atom. The molecule has 0 spiro atoms. The van der Waals surface area contributed by atoms with Gasteiger partial charge in [0.15, 0.2) is 0 Å². The first-order valence-corrected chi connectivity index (χ1v) is 12.2. The molecule has 1 saturated heterocycles. The van der Waals surface area contributed by atoms with E-state index in [1.54, 1.807) is 0 Å². The first-order chi connectivity index (χ1) is 14.0. The highest BCUT2D eigenvalue weighted by molar-refractivity contribution is 7.99. The number of allylic oxidation sites excluding steroid dienone is 4. The van der Waals surface area contributed by atoms with E-state index in [1.165, 1.54) is 48.7 Å². The van der Waals surface area contributed by atoms with Gasteiger partial charge in [-0.2, -0.15) is 11.8 Å². The number of rotatable bonds is 12. The second kappa shape index (κ2) is 13.0. The SMILES string of the molecule is C=C[C@@](C)(/C=C/c1ccc(OCCCCN2CCSCC2)cc1)CCC=C(C)C. The molecule has 1 aliphatic heterocycles. The molecule has 2 nitrogen and oxygen atoms in total. The maximum atomic E-state index is 5.92. The summed E-state index contributed by atoms with van der Waals surface area (Å²) in [6, 6.07) is 8.43. The second-order valence-electron chi connectivity index (χ2n) is 8.44. The van der Waals surface area contributed by atoms with Crippen LogP contribution in [-0.4, -0.2) is 42.6 Å². The lowest BCUT2D eigenvalue weighted by Gasteiger charge is -2.25. The summed E-state index contributed by atoms with van der Waals surface area (Å²) in [5.74, 6) is 3.55. The summed E-state index contributed by atoms with van der Waals surface area (Å²) in [4.78, 5) is 2.58. The summed E-state index contributed by atoms with van der Waals surface area (Å²) in [7, 11) is 0. The Kier molecular flexibility index (Phi) is 10.7. The number of hydrogen-bond donors (Lipinski definition) is 0. The summed E-state index contributed by atoms with van der Waals surface area (Å²) >= 11 is 2.07. The zero-order chi connectivity index (χ0) is 21.0. The van der Waals surface area contributed by atoms with Crippen LogP contribution in [0.1, 0.15) is 52.0 Å². The smallest absolute Gasteiger partial charge is 0.119 e. The van der Waals surface area contributed by atoms with Gasteiger partial charge in [-0.05, 0) is 63.8 Å². The molecule has 0 unspecified atom stereocenters. The van der Waals surface area contributed by atoms with Crippen molar-refractivity contribution in [3.8, 4) is 5.75 Å². The van der Waals surface area contributed by atoms with Crippen LogP contribution < -0.4 is 4.74 Å². The van der Waals surface area contributed by atoms with Crippen molar-refractivity contribution in [3.05, 3.63) is 60.2 Å². The Bertz CT molecular complexity index is 654. The minimum absolute atomic E-state index is 0.0220. The monoisotopic (exact) mass is 413 g/mol. The lowest BCUT2D eigenvalue weighted by molar-refractivity contribution is 0.265. The molecule has 1 aliphatic rings. The van der Waals surface area contributed by atoms with E-state index >= 15 is 0 Å². The van der Waals surface area contributed by atoms with Gasteiger partial charge in [-0.25, -0.2) is 0 Å². The molecule has 29 heavy (non-hydrogen) atoms. The zero-order valence-corrected chi connectivity index (χ0v) is 19.5. The molecular formula is C26H39NOS. The molecular weight excluding hydrogens is 374 g/mol. The van der Waals surface area contributed by atoms with E-state index in [1.807, 2.05) is 0 Å². The van der Waals surface area contributed by atoms with Gasteiger partial charge in [0.25, 0.3) is 0 Å². The van der Waals surface area contributed by atoms with Gasteiger partial charge in [0.1, 0.15) is 5.75 Å². The topological polar surface area (TPSA) is 12.5 Å². The number of benzene rings is 1. The Hall–Kier alpha value is -1.45. The fraction of sp³-hybridized carbons (Fsp3) is 0.538. The van der Waals surface area contributed by atoms with Gasteiger partial charge in [-0.1, -0.05) is 48.9 Å². The third-order valence-electron chi connectivity index (χ3n) is 5.48. The number of thioether (sulfide) groups is 1. The molecule has 1 atom stereocenters. The highest BCUT2D eigenvalue weighted by Crippen LogP contribution is 2.28. The van der Waals surface area contributed by atoms with E-state index in [-0.39, 0.29) is 5.41 Å². The first kappa shape index (κ1) is 23.8. The molecule has 1 aromatic carbocycles. The van der Waals surface area contributed by atoms with Crippen molar-refractivity contribution in [1.29, 1.82) is 0 Å². The van der Waals surface area contributed by atoms with Crippen molar-refractivity contribution in [2.75, 3.05) is 37.7 Å². The molecule has 3 heteroatoms. The maximum Gasteiger partial charge on any atom is 0.119 e. The molecule has 0 aliphatic carbocycles. The summed E-state index contributed by atoms with van der Waals surface area (Å²) in [6.45, 7) is 15.1. The Morgan fingerprint density at radius 2 is 1.90 bits per heavy atom. The van der Waals surface area contributed by atoms with Gasteiger partial charge in [0, 0.05) is 30.0 Å². The van der Waals surface area contributed by atoms with Crippen LogP contribution in [0.3, 0.4) is 0 Å². The van der Waals surface area contributed by atoms with Crippen LogP contribution in [0.2, 0.25) is 0 Å². The average molecular weight is 414 g/mol. The van der Waals surface area contributed by atoms with Crippen LogP contribution in [0.25, 0.3) is 6.08 Å². The van der Waals surface area contributed by atoms with E-state index in [4.69, 9.17) is 4.74 Å². The predicted octanol–water partition coefficient (Wildman–Crippen LogP) is 6.85. The summed E-state index contributed by atoms with van der Waals surface area (Å²) in [5.41, 5.74) is 2.60. The van der Waals surface area contributed by atoms with Crippen LogP contribution in [0, 0.1) is 5.41 Å². The molecule has 1 heterocycles. The van der Waals surface area contributed by atoms with Crippen LogP contribution >= 0.6 is 11.8 Å². The van der Waals surface area contributed by atoms with E-state index in [2.05, 4.69) is 92.6 Å². The Morgan fingerprint density at radius 1 is 1.17 bits per heavy atom. The summed E-state index contributed by atoms with van der Waals surface area (Å²) in [5, 5.41) is 0. The van der Waals surface area contributed by atoms with E-state index < -0.39 is 0 Å². The lowest BCUT2D eigenvalue weighted by atomic mass is 9.84. The third-order valence-corrected chi connectivity index (χ3v) is 6.42. The average Bonchev–Trinajstić information content (AvgIpc) is 2.73. The molecule has 160 valence electrons. The van der Waals surface area contributed by atoms with Crippen LogP contribution in [0.15, 0.2) is 54.6 Å². The van der Waals surface area contributed by atoms with Crippen LogP contribution in [-0.2, 0) is 0 Å². The number of nitrogens with zero attached hydrogens (tertiary/aromatic N) is 1. The molecule has 0 saturated carbocycles. The van der Waals surface area contributed by atoms with Crippen molar-refractivity contribution in [3.63, 3.8) is 0 Å². The molecule has 1 fully saturated rings. The fourth-order valence-electron chi connectivity index (χ4n) is 3.34. The molecule has 0 bridgehead atoms. The van der Waals surface area contributed by atoms with Gasteiger partial charge in [-0.15, -0.1) is 6.58 Å². The lowest BCUT2D eigenvalue weighted by Crippen LogP contribution is -2.33. The van der Waals surface area contributed by atoms with E-state index in [0.29, 0.717) is 0 Å². The van der Waals surface area contributed by atoms with Gasteiger partial charge < -0.3 is 9.64 Å². The minimum Gasteiger partial charge on any atom is -0.494 e. The quantitative estimate of drug-likeness (QED) is 0.275. The maximum absolute atomic E-state index is 5.92. The number of hydrogen-bond acceptors (Lipinski definition) is 3. The summed E-state index contributed by atoms with van der Waals surface area (Å²) < 4.78 is 5.92.